The fraction of sp³-hybridized carbons (Fsp3) is 0.200. The number of para-hydroxylation sites is 1. The number of likely N-dealkylation sites (N-methyl/N-ethyl adjacent to an activating group) is 1. The number of amides is 1. The Hall–Kier alpha value is -3.08. The molecule has 128 valence electrons. The van der Waals surface area contributed by atoms with Gasteiger partial charge in [0.2, 0.25) is 5.91 Å². The van der Waals surface area contributed by atoms with Gasteiger partial charge in [-0.1, -0.05) is 48.5 Å². The molecule has 0 spiro atoms. The van der Waals surface area contributed by atoms with E-state index < -0.39 is 5.97 Å². The third-order valence-corrected chi connectivity index (χ3v) is 4.30. The lowest BCUT2D eigenvalue weighted by Crippen LogP contribution is -2.32. The standard InChI is InChI=1S/C20H20N2O3/c1-2-22(13-14-8-4-3-5-9-14)18(23)12-16-15-10-6-7-11-17(15)21-19(16)20(24)25/h3-11,21H,2,12-13H2,1H3,(H,24,25)/p-1. The number of aromatic amines is 1. The van der Waals surface area contributed by atoms with Crippen LogP contribution >= 0.6 is 0 Å². The number of benzene rings is 2. The Labute approximate surface area is 145 Å². The van der Waals surface area contributed by atoms with Gasteiger partial charge in [-0.2, -0.15) is 0 Å². The first-order chi connectivity index (χ1) is 12.1. The maximum atomic E-state index is 12.8. The average Bonchev–Trinajstić information content (AvgIpc) is 2.99. The molecule has 0 fully saturated rings. The lowest BCUT2D eigenvalue weighted by molar-refractivity contribution is -0.255. The summed E-state index contributed by atoms with van der Waals surface area (Å²) in [5, 5.41) is 12.2. The minimum atomic E-state index is -1.30. The minimum Gasteiger partial charge on any atom is -0.543 e. The third-order valence-electron chi connectivity index (χ3n) is 4.30. The maximum absolute atomic E-state index is 12.8. The van der Waals surface area contributed by atoms with Crippen LogP contribution in [0.15, 0.2) is 54.6 Å². The van der Waals surface area contributed by atoms with Gasteiger partial charge >= 0.3 is 0 Å². The number of hydrogen-bond acceptors (Lipinski definition) is 3. The van der Waals surface area contributed by atoms with E-state index in [9.17, 15) is 14.7 Å². The molecule has 0 radical (unpaired) electrons. The molecule has 0 atom stereocenters. The van der Waals surface area contributed by atoms with Gasteiger partial charge in [-0.3, -0.25) is 4.79 Å². The number of nitrogens with zero attached hydrogens (tertiary/aromatic N) is 1. The molecule has 0 aliphatic heterocycles. The maximum Gasteiger partial charge on any atom is 0.227 e. The van der Waals surface area contributed by atoms with Gasteiger partial charge in [-0.05, 0) is 24.1 Å². The second-order valence-corrected chi connectivity index (χ2v) is 5.88. The Bertz CT molecular complexity index is 900. The molecule has 0 saturated carbocycles. The largest absolute Gasteiger partial charge is 0.543 e. The Morgan fingerprint density at radius 1 is 1.04 bits per heavy atom. The highest BCUT2D eigenvalue weighted by Gasteiger charge is 2.19. The quantitative estimate of drug-likeness (QED) is 0.750. The molecule has 0 bridgehead atoms. The second-order valence-electron chi connectivity index (χ2n) is 5.88. The van der Waals surface area contributed by atoms with Gasteiger partial charge in [-0.15, -0.1) is 0 Å². The van der Waals surface area contributed by atoms with E-state index in [1.807, 2.05) is 55.5 Å². The molecule has 5 heteroatoms. The molecule has 25 heavy (non-hydrogen) atoms. The van der Waals surface area contributed by atoms with E-state index in [2.05, 4.69) is 4.98 Å². The lowest BCUT2D eigenvalue weighted by Gasteiger charge is -2.21. The van der Waals surface area contributed by atoms with Crippen LogP contribution in [0, 0.1) is 0 Å². The van der Waals surface area contributed by atoms with Crippen LogP contribution in [0.1, 0.15) is 28.5 Å². The van der Waals surface area contributed by atoms with Crippen molar-refractivity contribution in [2.24, 2.45) is 0 Å². The molecule has 0 aliphatic rings. The highest BCUT2D eigenvalue weighted by molar-refractivity contribution is 5.99. The lowest BCUT2D eigenvalue weighted by atomic mass is 10.1. The van der Waals surface area contributed by atoms with Gasteiger partial charge in [0, 0.05) is 24.0 Å². The summed E-state index contributed by atoms with van der Waals surface area (Å²) in [6, 6.07) is 17.0. The van der Waals surface area contributed by atoms with E-state index in [0.717, 1.165) is 10.9 Å². The monoisotopic (exact) mass is 335 g/mol. The number of carboxylic acid groups (broad SMARTS) is 1. The molecule has 2 aromatic carbocycles. The Morgan fingerprint density at radius 2 is 1.72 bits per heavy atom. The van der Waals surface area contributed by atoms with Gasteiger partial charge in [0.25, 0.3) is 0 Å². The van der Waals surface area contributed by atoms with E-state index in [1.165, 1.54) is 0 Å². The van der Waals surface area contributed by atoms with Crippen molar-refractivity contribution in [3.63, 3.8) is 0 Å². The number of hydrogen-bond donors (Lipinski definition) is 1. The average molecular weight is 335 g/mol. The van der Waals surface area contributed by atoms with Crippen molar-refractivity contribution in [2.75, 3.05) is 6.54 Å². The van der Waals surface area contributed by atoms with E-state index in [1.54, 1.807) is 11.0 Å². The van der Waals surface area contributed by atoms with E-state index in [4.69, 9.17) is 0 Å². The predicted molar refractivity (Wildman–Crippen MR) is 93.9 cm³/mol. The molecule has 3 aromatic rings. The zero-order chi connectivity index (χ0) is 17.8. The molecule has 5 nitrogen and oxygen atoms in total. The second kappa shape index (κ2) is 7.21. The third kappa shape index (κ3) is 3.55. The number of aromatic nitrogens is 1. The van der Waals surface area contributed by atoms with Crippen LogP contribution in [-0.2, 0) is 17.8 Å². The first-order valence-corrected chi connectivity index (χ1v) is 8.22. The number of carbonyl (C=O) groups excluding carboxylic acids is 2. The summed E-state index contributed by atoms with van der Waals surface area (Å²) in [6.45, 7) is 2.96. The SMILES string of the molecule is CCN(Cc1ccccc1)C(=O)Cc1c(C(=O)[O-])[nH]c2ccccc12. The highest BCUT2D eigenvalue weighted by atomic mass is 16.4. The minimum absolute atomic E-state index is 0.0218. The summed E-state index contributed by atoms with van der Waals surface area (Å²) < 4.78 is 0. The summed E-state index contributed by atoms with van der Waals surface area (Å²) in [7, 11) is 0. The molecule has 0 saturated heterocycles. The van der Waals surface area contributed by atoms with Crippen LogP contribution in [0.3, 0.4) is 0 Å². The summed E-state index contributed by atoms with van der Waals surface area (Å²) in [5.74, 6) is -1.41. The number of nitrogens with one attached hydrogen (secondary N) is 1. The molecular weight excluding hydrogens is 316 g/mol. The van der Waals surface area contributed by atoms with Crippen molar-refractivity contribution >= 4 is 22.8 Å². The molecule has 0 aliphatic carbocycles. The van der Waals surface area contributed by atoms with E-state index in [0.29, 0.717) is 24.2 Å². The Morgan fingerprint density at radius 3 is 2.40 bits per heavy atom. The fourth-order valence-electron chi connectivity index (χ4n) is 3.00. The van der Waals surface area contributed by atoms with Gasteiger partial charge < -0.3 is 19.8 Å². The first kappa shape index (κ1) is 16.8. The topological polar surface area (TPSA) is 76.2 Å². The molecule has 0 unspecified atom stereocenters. The van der Waals surface area contributed by atoms with Gasteiger partial charge in [0.1, 0.15) is 0 Å². The molecule has 3 rings (SSSR count). The van der Waals surface area contributed by atoms with Crippen molar-refractivity contribution in [3.05, 3.63) is 71.4 Å². The van der Waals surface area contributed by atoms with Gasteiger partial charge in [0.15, 0.2) is 0 Å². The normalized spacial score (nSPS) is 10.8. The van der Waals surface area contributed by atoms with Crippen molar-refractivity contribution < 1.29 is 14.7 Å². The predicted octanol–water partition coefficient (Wildman–Crippen LogP) is 2.12. The Kier molecular flexibility index (Phi) is 4.84. The van der Waals surface area contributed by atoms with Crippen molar-refractivity contribution in [3.8, 4) is 0 Å². The zero-order valence-corrected chi connectivity index (χ0v) is 14.0. The highest BCUT2D eigenvalue weighted by Crippen LogP contribution is 2.23. The Balaban J connectivity index is 1.88. The van der Waals surface area contributed by atoms with Crippen LogP contribution in [-0.4, -0.2) is 28.3 Å². The molecule has 1 aromatic heterocycles. The number of fused-ring (bicyclic) bond motifs is 1. The summed E-state index contributed by atoms with van der Waals surface area (Å²) in [6.07, 6.45) is 0.0218. The van der Waals surface area contributed by atoms with E-state index in [-0.39, 0.29) is 18.0 Å². The summed E-state index contributed by atoms with van der Waals surface area (Å²) >= 11 is 0. The molecule has 1 amide bonds. The van der Waals surface area contributed by atoms with Crippen molar-refractivity contribution in [1.82, 2.24) is 9.88 Å². The number of aromatic carboxylic acids is 1. The number of carbonyl (C=O) groups is 2. The van der Waals surface area contributed by atoms with Crippen molar-refractivity contribution in [1.29, 1.82) is 0 Å². The molecule has 1 heterocycles. The fourth-order valence-corrected chi connectivity index (χ4v) is 3.00. The van der Waals surface area contributed by atoms with Crippen LogP contribution in [0.4, 0.5) is 0 Å². The number of rotatable bonds is 6. The van der Waals surface area contributed by atoms with Crippen LogP contribution in [0.25, 0.3) is 10.9 Å². The first-order valence-electron chi connectivity index (χ1n) is 8.22. The molecular formula is C20H19N2O3-. The smallest absolute Gasteiger partial charge is 0.227 e. The zero-order valence-electron chi connectivity index (χ0n) is 14.0. The van der Waals surface area contributed by atoms with Crippen molar-refractivity contribution in [2.45, 2.75) is 19.9 Å². The van der Waals surface area contributed by atoms with E-state index >= 15 is 0 Å². The van der Waals surface area contributed by atoms with Gasteiger partial charge in [0.05, 0.1) is 18.1 Å². The van der Waals surface area contributed by atoms with Crippen LogP contribution in [0.2, 0.25) is 0 Å². The number of H-pyrrole nitrogens is 1. The molecule has 1 N–H and O–H groups in total. The summed E-state index contributed by atoms with van der Waals surface area (Å²) in [5.41, 5.74) is 2.18. The van der Waals surface area contributed by atoms with Crippen LogP contribution < -0.4 is 5.11 Å². The van der Waals surface area contributed by atoms with Gasteiger partial charge in [-0.25, -0.2) is 0 Å². The van der Waals surface area contributed by atoms with Crippen LogP contribution in [0.5, 0.6) is 0 Å². The number of carboxylic acids is 1. The summed E-state index contributed by atoms with van der Waals surface area (Å²) in [4.78, 5) is 28.8.